The molecule has 0 amide bonds. The summed E-state index contributed by atoms with van der Waals surface area (Å²) in [6.45, 7) is 13.3. The molecule has 21 heavy (non-hydrogen) atoms. The first-order chi connectivity index (χ1) is 10.00. The molecule has 0 bridgehead atoms. The Morgan fingerprint density at radius 1 is 1.24 bits per heavy atom. The summed E-state index contributed by atoms with van der Waals surface area (Å²) in [5, 5.41) is 3.95. The van der Waals surface area contributed by atoms with Gasteiger partial charge in [0.25, 0.3) is 0 Å². The molecule has 1 saturated carbocycles. The Bertz CT molecular complexity index is 311. The molecule has 0 aromatic rings. The average Bonchev–Trinajstić information content (AvgIpc) is 2.92. The highest BCUT2D eigenvalue weighted by Gasteiger charge is 2.43. The molecule has 1 unspecified atom stereocenters. The molecule has 1 saturated heterocycles. The van der Waals surface area contributed by atoms with Crippen molar-refractivity contribution in [1.29, 1.82) is 0 Å². The van der Waals surface area contributed by atoms with E-state index in [-0.39, 0.29) is 0 Å². The van der Waals surface area contributed by atoms with Crippen molar-refractivity contribution in [3.63, 3.8) is 0 Å². The third-order valence-corrected chi connectivity index (χ3v) is 7.78. The summed E-state index contributed by atoms with van der Waals surface area (Å²) in [7, 11) is 0. The Morgan fingerprint density at radius 3 is 2.33 bits per heavy atom. The summed E-state index contributed by atoms with van der Waals surface area (Å²) in [5.41, 5.74) is 0.441. The second kappa shape index (κ2) is 7.23. The average molecular weight is 313 g/mol. The Kier molecular flexibility index (Phi) is 6.07. The van der Waals surface area contributed by atoms with Crippen LogP contribution < -0.4 is 5.32 Å². The zero-order valence-corrected chi connectivity index (χ0v) is 15.7. The van der Waals surface area contributed by atoms with E-state index < -0.39 is 0 Å². The monoisotopic (exact) mass is 312 g/mol. The fraction of sp³-hybridized carbons (Fsp3) is 1.00. The zero-order valence-electron chi connectivity index (χ0n) is 14.9. The van der Waals surface area contributed by atoms with E-state index in [4.69, 9.17) is 0 Å². The molecule has 124 valence electrons. The topological polar surface area (TPSA) is 15.3 Å². The number of hydrogen-bond donors (Lipinski definition) is 1. The van der Waals surface area contributed by atoms with E-state index in [9.17, 15) is 0 Å². The third-order valence-electron chi connectivity index (χ3n) is 6.20. The lowest BCUT2D eigenvalue weighted by atomic mass is 9.87. The number of rotatable bonds is 6. The van der Waals surface area contributed by atoms with Gasteiger partial charge in [0, 0.05) is 36.0 Å². The summed E-state index contributed by atoms with van der Waals surface area (Å²) in [6, 6.07) is 0.709. The SMILES string of the molecule is CCC(CC)(CN1CC2(CCCC2)NCC1C(C)C)SC. The molecule has 0 aromatic carbocycles. The van der Waals surface area contributed by atoms with Gasteiger partial charge in [-0.3, -0.25) is 4.90 Å². The standard InChI is InChI=1S/C18H36N2S/c1-6-18(7-2,21-5)14-20-13-17(10-8-9-11-17)19-12-16(20)15(3)4/h15-16,19H,6-14H2,1-5H3. The molecular weight excluding hydrogens is 276 g/mol. The Labute approximate surface area is 136 Å². The number of thioether (sulfide) groups is 1. The second-order valence-corrected chi connectivity index (χ2v) is 8.95. The first kappa shape index (κ1) is 17.6. The van der Waals surface area contributed by atoms with E-state index in [0.29, 0.717) is 16.3 Å². The normalized spacial score (nSPS) is 26.9. The van der Waals surface area contributed by atoms with Gasteiger partial charge in [-0.25, -0.2) is 0 Å². The molecule has 0 radical (unpaired) electrons. The maximum atomic E-state index is 3.95. The smallest absolute Gasteiger partial charge is 0.0309 e. The molecule has 1 aliphatic heterocycles. The van der Waals surface area contributed by atoms with Gasteiger partial charge in [-0.2, -0.15) is 11.8 Å². The molecule has 1 N–H and O–H groups in total. The number of nitrogens with zero attached hydrogens (tertiary/aromatic N) is 1. The maximum absolute atomic E-state index is 3.95. The van der Waals surface area contributed by atoms with Crippen molar-refractivity contribution in [3.05, 3.63) is 0 Å². The van der Waals surface area contributed by atoms with Crippen molar-refractivity contribution in [1.82, 2.24) is 10.2 Å². The molecule has 2 nitrogen and oxygen atoms in total. The van der Waals surface area contributed by atoms with E-state index in [1.165, 1.54) is 58.2 Å². The molecule has 1 aliphatic carbocycles. The summed E-state index contributed by atoms with van der Waals surface area (Å²) in [5.74, 6) is 0.740. The Balaban J connectivity index is 2.13. The molecule has 2 aliphatic rings. The van der Waals surface area contributed by atoms with Gasteiger partial charge in [0.1, 0.15) is 0 Å². The fourth-order valence-electron chi connectivity index (χ4n) is 4.43. The van der Waals surface area contributed by atoms with Gasteiger partial charge in [0.05, 0.1) is 0 Å². The third kappa shape index (κ3) is 3.79. The van der Waals surface area contributed by atoms with Crippen LogP contribution in [-0.2, 0) is 0 Å². The van der Waals surface area contributed by atoms with Crippen molar-refractivity contribution >= 4 is 11.8 Å². The predicted molar refractivity (Wildman–Crippen MR) is 96.2 cm³/mol. The molecular formula is C18H36N2S. The van der Waals surface area contributed by atoms with Gasteiger partial charge in [0.15, 0.2) is 0 Å². The van der Waals surface area contributed by atoms with Crippen LogP contribution in [0.3, 0.4) is 0 Å². The molecule has 1 spiro atoms. The number of nitrogens with one attached hydrogen (secondary N) is 1. The lowest BCUT2D eigenvalue weighted by Crippen LogP contribution is -2.66. The van der Waals surface area contributed by atoms with Crippen LogP contribution in [0.15, 0.2) is 0 Å². The van der Waals surface area contributed by atoms with E-state index in [2.05, 4.69) is 55.9 Å². The predicted octanol–water partition coefficient (Wildman–Crippen LogP) is 4.15. The van der Waals surface area contributed by atoms with Crippen LogP contribution in [0.1, 0.15) is 66.2 Å². The number of piperazine rings is 1. The highest BCUT2D eigenvalue weighted by molar-refractivity contribution is 8.00. The first-order valence-corrected chi connectivity index (χ1v) is 10.3. The minimum Gasteiger partial charge on any atom is -0.308 e. The van der Waals surface area contributed by atoms with E-state index in [1.807, 2.05) is 0 Å². The van der Waals surface area contributed by atoms with E-state index in [0.717, 1.165) is 5.92 Å². The molecule has 1 heterocycles. The number of hydrogen-bond acceptors (Lipinski definition) is 3. The molecule has 2 rings (SSSR count). The van der Waals surface area contributed by atoms with Crippen molar-refractivity contribution in [3.8, 4) is 0 Å². The van der Waals surface area contributed by atoms with E-state index >= 15 is 0 Å². The molecule has 1 atom stereocenters. The van der Waals surface area contributed by atoms with Gasteiger partial charge in [-0.05, 0) is 37.9 Å². The van der Waals surface area contributed by atoms with Crippen molar-refractivity contribution < 1.29 is 0 Å². The van der Waals surface area contributed by atoms with Crippen LogP contribution in [-0.4, -0.2) is 47.1 Å². The van der Waals surface area contributed by atoms with Gasteiger partial charge in [-0.1, -0.05) is 40.5 Å². The summed E-state index contributed by atoms with van der Waals surface area (Å²) < 4.78 is 0.449. The summed E-state index contributed by atoms with van der Waals surface area (Å²) >= 11 is 2.09. The van der Waals surface area contributed by atoms with Crippen LogP contribution in [0.2, 0.25) is 0 Å². The zero-order chi connectivity index (χ0) is 15.5. The summed E-state index contributed by atoms with van der Waals surface area (Å²) in [4.78, 5) is 2.86. The Hall–Kier alpha value is 0.270. The van der Waals surface area contributed by atoms with Crippen LogP contribution in [0.5, 0.6) is 0 Å². The van der Waals surface area contributed by atoms with Crippen molar-refractivity contribution in [2.24, 2.45) is 5.92 Å². The van der Waals surface area contributed by atoms with Crippen LogP contribution in [0, 0.1) is 5.92 Å². The lowest BCUT2D eigenvalue weighted by molar-refractivity contribution is 0.0479. The van der Waals surface area contributed by atoms with Gasteiger partial charge < -0.3 is 5.32 Å². The fourth-order valence-corrected chi connectivity index (χ4v) is 5.30. The minimum atomic E-state index is 0.441. The van der Waals surface area contributed by atoms with Gasteiger partial charge >= 0.3 is 0 Å². The highest BCUT2D eigenvalue weighted by Crippen LogP contribution is 2.38. The van der Waals surface area contributed by atoms with Gasteiger partial charge in [0.2, 0.25) is 0 Å². The largest absolute Gasteiger partial charge is 0.308 e. The molecule has 3 heteroatoms. The first-order valence-electron chi connectivity index (χ1n) is 9.04. The summed E-state index contributed by atoms with van der Waals surface area (Å²) in [6.07, 6.45) is 10.5. The quantitative estimate of drug-likeness (QED) is 0.793. The molecule has 2 fully saturated rings. The van der Waals surface area contributed by atoms with Crippen molar-refractivity contribution in [2.75, 3.05) is 25.9 Å². The highest BCUT2D eigenvalue weighted by atomic mass is 32.2. The van der Waals surface area contributed by atoms with E-state index in [1.54, 1.807) is 0 Å². The maximum Gasteiger partial charge on any atom is 0.0309 e. The lowest BCUT2D eigenvalue weighted by Gasteiger charge is -2.50. The van der Waals surface area contributed by atoms with Gasteiger partial charge in [-0.15, -0.1) is 0 Å². The second-order valence-electron chi connectivity index (χ2n) is 7.68. The Morgan fingerprint density at radius 2 is 1.86 bits per heavy atom. The minimum absolute atomic E-state index is 0.441. The van der Waals surface area contributed by atoms with Crippen LogP contribution in [0.25, 0.3) is 0 Å². The van der Waals surface area contributed by atoms with Crippen LogP contribution >= 0.6 is 11.8 Å². The molecule has 0 aromatic heterocycles. The van der Waals surface area contributed by atoms with Crippen molar-refractivity contribution in [2.45, 2.75) is 82.5 Å². The van der Waals surface area contributed by atoms with Crippen LogP contribution in [0.4, 0.5) is 0 Å².